The van der Waals surface area contributed by atoms with Crippen LogP contribution in [0.4, 0.5) is 8.78 Å². The summed E-state index contributed by atoms with van der Waals surface area (Å²) in [6, 6.07) is 5.35. The second-order valence-electron chi connectivity index (χ2n) is 7.67. The second-order valence-corrected chi connectivity index (χ2v) is 7.67. The van der Waals surface area contributed by atoms with Gasteiger partial charge >= 0.3 is 6.61 Å². The molecule has 1 aliphatic heterocycles. The lowest BCUT2D eigenvalue weighted by atomic mass is 9.57. The number of nitrogens with one attached hydrogen (secondary N) is 2. The summed E-state index contributed by atoms with van der Waals surface area (Å²) in [5, 5.41) is 6.68. The zero-order valence-electron chi connectivity index (χ0n) is 17.2. The molecule has 0 amide bonds. The average molecular weight is 525 g/mol. The lowest BCUT2D eigenvalue weighted by Gasteiger charge is -2.54. The van der Waals surface area contributed by atoms with Gasteiger partial charge in [-0.15, -0.1) is 24.0 Å². The van der Waals surface area contributed by atoms with E-state index in [1.165, 1.54) is 0 Å². The molecule has 2 aliphatic rings. The molecule has 3 atom stereocenters. The molecule has 164 valence electrons. The highest BCUT2D eigenvalue weighted by Gasteiger charge is 2.59. The Kier molecular flexibility index (Phi) is 8.33. The molecule has 1 aromatic carbocycles. The Morgan fingerprint density at radius 1 is 1.38 bits per heavy atom. The lowest BCUT2D eigenvalue weighted by Crippen LogP contribution is -2.67. The van der Waals surface area contributed by atoms with E-state index in [1.807, 2.05) is 0 Å². The van der Waals surface area contributed by atoms with Crippen LogP contribution in [0.2, 0.25) is 0 Å². The number of benzene rings is 1. The molecule has 9 heteroatoms. The fraction of sp³-hybridized carbons (Fsp3) is 0.650. The van der Waals surface area contributed by atoms with Crippen LogP contribution in [-0.2, 0) is 11.3 Å². The number of halogens is 3. The number of nitrogens with zero attached hydrogens (tertiary/aromatic N) is 1. The van der Waals surface area contributed by atoms with Crippen molar-refractivity contribution in [2.75, 3.05) is 20.3 Å². The fourth-order valence-electron chi connectivity index (χ4n) is 4.33. The van der Waals surface area contributed by atoms with Crippen LogP contribution in [0.3, 0.4) is 0 Å². The Morgan fingerprint density at radius 3 is 2.79 bits per heavy atom. The first-order valence-electron chi connectivity index (χ1n) is 9.66. The van der Waals surface area contributed by atoms with Crippen molar-refractivity contribution in [3.63, 3.8) is 0 Å². The minimum Gasteiger partial charge on any atom is -0.490 e. The largest absolute Gasteiger partial charge is 0.490 e. The van der Waals surface area contributed by atoms with E-state index in [0.29, 0.717) is 29.8 Å². The molecule has 1 aromatic rings. The first-order valence-corrected chi connectivity index (χ1v) is 9.66. The van der Waals surface area contributed by atoms with Gasteiger partial charge in [-0.1, -0.05) is 26.0 Å². The first kappa shape index (κ1) is 23.9. The van der Waals surface area contributed by atoms with Gasteiger partial charge in [0.15, 0.2) is 17.5 Å². The minimum absolute atomic E-state index is 0. The molecule has 1 saturated carbocycles. The number of hydrogen-bond donors (Lipinski definition) is 2. The number of para-hydroxylation sites is 1. The van der Waals surface area contributed by atoms with Crippen molar-refractivity contribution >= 4 is 29.9 Å². The monoisotopic (exact) mass is 525 g/mol. The Bertz CT molecular complexity index is 718. The molecule has 0 bridgehead atoms. The number of aliphatic imine (C=N–C) groups is 1. The fourth-order valence-corrected chi connectivity index (χ4v) is 4.33. The molecule has 0 radical (unpaired) electrons. The van der Waals surface area contributed by atoms with Crippen molar-refractivity contribution in [1.29, 1.82) is 0 Å². The highest BCUT2D eigenvalue weighted by Crippen LogP contribution is 2.52. The van der Waals surface area contributed by atoms with Gasteiger partial charge in [0.25, 0.3) is 0 Å². The van der Waals surface area contributed by atoms with E-state index in [2.05, 4.69) is 29.5 Å². The highest BCUT2D eigenvalue weighted by atomic mass is 127. The summed E-state index contributed by atoms with van der Waals surface area (Å²) >= 11 is 0. The second kappa shape index (κ2) is 10.1. The number of alkyl halides is 2. The zero-order chi connectivity index (χ0) is 20.3. The molecular weight excluding hydrogens is 495 g/mol. The number of guanidine groups is 1. The van der Waals surface area contributed by atoms with Crippen LogP contribution >= 0.6 is 24.0 Å². The maximum absolute atomic E-state index is 12.9. The van der Waals surface area contributed by atoms with E-state index in [0.717, 1.165) is 13.0 Å². The van der Waals surface area contributed by atoms with Crippen molar-refractivity contribution < 1.29 is 23.0 Å². The van der Waals surface area contributed by atoms with E-state index in [1.54, 1.807) is 32.2 Å². The molecule has 29 heavy (non-hydrogen) atoms. The van der Waals surface area contributed by atoms with Gasteiger partial charge < -0.3 is 24.8 Å². The van der Waals surface area contributed by atoms with Crippen LogP contribution in [-0.4, -0.2) is 45.0 Å². The topological polar surface area (TPSA) is 64.1 Å². The molecule has 1 heterocycles. The number of fused-ring (bicyclic) bond motifs is 1. The van der Waals surface area contributed by atoms with Crippen LogP contribution in [0.15, 0.2) is 23.2 Å². The zero-order valence-corrected chi connectivity index (χ0v) is 19.5. The lowest BCUT2D eigenvalue weighted by molar-refractivity contribution is -0.106. The highest BCUT2D eigenvalue weighted by molar-refractivity contribution is 14.0. The summed E-state index contributed by atoms with van der Waals surface area (Å²) in [7, 11) is 1.69. The summed E-state index contributed by atoms with van der Waals surface area (Å²) in [5.74, 6) is 1.44. The summed E-state index contributed by atoms with van der Waals surface area (Å²) in [6.45, 7) is 4.68. The maximum atomic E-state index is 12.9. The number of ether oxygens (including phenoxy) is 3. The van der Waals surface area contributed by atoms with Gasteiger partial charge in [0.2, 0.25) is 0 Å². The quantitative estimate of drug-likeness (QED) is 0.323. The molecule has 6 nitrogen and oxygen atoms in total. The maximum Gasteiger partial charge on any atom is 0.387 e. The Morgan fingerprint density at radius 2 is 2.14 bits per heavy atom. The van der Waals surface area contributed by atoms with Crippen molar-refractivity contribution in [2.45, 2.75) is 52.5 Å². The molecular formula is C20H30F2IN3O3. The molecule has 1 aliphatic carbocycles. The summed E-state index contributed by atoms with van der Waals surface area (Å²) in [6.07, 6.45) is 1.31. The van der Waals surface area contributed by atoms with Crippen molar-refractivity contribution in [1.82, 2.24) is 10.6 Å². The Labute approximate surface area is 187 Å². The van der Waals surface area contributed by atoms with Crippen LogP contribution in [0.25, 0.3) is 0 Å². The van der Waals surface area contributed by atoms with Gasteiger partial charge in [-0.25, -0.2) is 0 Å². The van der Waals surface area contributed by atoms with E-state index in [4.69, 9.17) is 14.2 Å². The standard InChI is InChI=1S/C20H29F2N3O3.HI/c1-5-26-14-8-6-7-12(15(14)28-18(21)22)11-24-19(23-4)25-16-13-9-10-27-17(13)20(16,2)3;/h6-8,13,16-18H,5,9-11H2,1-4H3,(H2,23,24,25);1H. The molecule has 1 saturated heterocycles. The van der Waals surface area contributed by atoms with E-state index in [-0.39, 0.29) is 53.8 Å². The van der Waals surface area contributed by atoms with Gasteiger partial charge in [-0.05, 0) is 19.4 Å². The number of hydrogen-bond acceptors (Lipinski definition) is 4. The summed E-state index contributed by atoms with van der Waals surface area (Å²) in [5.41, 5.74) is 0.585. The van der Waals surface area contributed by atoms with Gasteiger partial charge in [0.05, 0.1) is 12.7 Å². The summed E-state index contributed by atoms with van der Waals surface area (Å²) in [4.78, 5) is 4.29. The Balaban J connectivity index is 0.00000300. The van der Waals surface area contributed by atoms with E-state index in [9.17, 15) is 8.78 Å². The van der Waals surface area contributed by atoms with Crippen LogP contribution in [0, 0.1) is 11.3 Å². The third-order valence-corrected chi connectivity index (χ3v) is 5.63. The van der Waals surface area contributed by atoms with Gasteiger partial charge in [0, 0.05) is 43.1 Å². The SMILES string of the molecule is CCOc1cccc(CNC(=NC)NC2C3CCOC3C2(C)C)c1OC(F)F.I. The third kappa shape index (κ3) is 5.04. The molecule has 2 fully saturated rings. The molecule has 3 unspecified atom stereocenters. The molecule has 3 rings (SSSR count). The predicted molar refractivity (Wildman–Crippen MR) is 118 cm³/mol. The third-order valence-electron chi connectivity index (χ3n) is 5.63. The Hall–Kier alpha value is -1.36. The van der Waals surface area contributed by atoms with Gasteiger partial charge in [0.1, 0.15) is 0 Å². The van der Waals surface area contributed by atoms with Gasteiger partial charge in [-0.3, -0.25) is 4.99 Å². The average Bonchev–Trinajstić information content (AvgIpc) is 3.11. The number of rotatable bonds is 7. The smallest absolute Gasteiger partial charge is 0.387 e. The van der Waals surface area contributed by atoms with Crippen LogP contribution < -0.4 is 20.1 Å². The summed E-state index contributed by atoms with van der Waals surface area (Å²) < 4.78 is 41.7. The van der Waals surface area contributed by atoms with Gasteiger partial charge in [-0.2, -0.15) is 8.78 Å². The van der Waals surface area contributed by atoms with Crippen molar-refractivity contribution in [3.05, 3.63) is 23.8 Å². The molecule has 0 spiro atoms. The molecule has 2 N–H and O–H groups in total. The molecule has 0 aromatic heterocycles. The normalized spacial score (nSPS) is 24.9. The van der Waals surface area contributed by atoms with E-state index < -0.39 is 6.61 Å². The van der Waals surface area contributed by atoms with Crippen molar-refractivity contribution in [2.24, 2.45) is 16.3 Å². The minimum atomic E-state index is -2.92. The van der Waals surface area contributed by atoms with Crippen molar-refractivity contribution in [3.8, 4) is 11.5 Å². The van der Waals surface area contributed by atoms with Crippen LogP contribution in [0.5, 0.6) is 11.5 Å². The van der Waals surface area contributed by atoms with E-state index >= 15 is 0 Å². The predicted octanol–water partition coefficient (Wildman–Crippen LogP) is 3.78. The first-order chi connectivity index (χ1) is 13.4. The van der Waals surface area contributed by atoms with Crippen LogP contribution in [0.1, 0.15) is 32.8 Å².